The number of urea groups is 1. The third kappa shape index (κ3) is 5.26. The Morgan fingerprint density at radius 3 is 2.86 bits per heavy atom. The highest BCUT2D eigenvalue weighted by Crippen LogP contribution is 2.28. The molecule has 1 aromatic rings. The van der Waals surface area contributed by atoms with Crippen molar-refractivity contribution in [2.75, 3.05) is 39.9 Å². The largest absolute Gasteiger partial charge is 0.383 e. The minimum atomic E-state index is -0.121. The van der Waals surface area contributed by atoms with Crippen LogP contribution in [0.1, 0.15) is 30.7 Å². The topological polar surface area (TPSA) is 53.6 Å². The third-order valence-electron chi connectivity index (χ3n) is 4.18. The van der Waals surface area contributed by atoms with Gasteiger partial charge in [-0.25, -0.2) is 4.79 Å². The van der Waals surface area contributed by atoms with Gasteiger partial charge in [0.25, 0.3) is 0 Å². The summed E-state index contributed by atoms with van der Waals surface area (Å²) in [6.45, 7) is 6.25. The molecule has 1 aliphatic heterocycles. The number of nitrogens with zero attached hydrogens (tertiary/aromatic N) is 1. The number of carbonyl (C=O) groups excluding carboxylic acids is 1. The molecule has 1 aromatic heterocycles. The molecule has 6 heteroatoms. The van der Waals surface area contributed by atoms with Gasteiger partial charge in [0.15, 0.2) is 0 Å². The van der Waals surface area contributed by atoms with E-state index >= 15 is 0 Å². The molecule has 0 unspecified atom stereocenters. The van der Waals surface area contributed by atoms with Gasteiger partial charge < -0.3 is 15.4 Å². The SMILES string of the molecule is COCCNC(=O)NC[C@@H](c1cccs1)N1CCC(C)CC1. The third-order valence-corrected chi connectivity index (χ3v) is 5.15. The van der Waals surface area contributed by atoms with E-state index in [0.717, 1.165) is 19.0 Å². The van der Waals surface area contributed by atoms with Crippen LogP contribution in [-0.2, 0) is 4.74 Å². The second-order valence-electron chi connectivity index (χ2n) is 5.88. The summed E-state index contributed by atoms with van der Waals surface area (Å²) >= 11 is 1.77. The minimum absolute atomic E-state index is 0.121. The highest BCUT2D eigenvalue weighted by molar-refractivity contribution is 7.10. The van der Waals surface area contributed by atoms with E-state index in [0.29, 0.717) is 19.7 Å². The van der Waals surface area contributed by atoms with Gasteiger partial charge in [0, 0.05) is 25.1 Å². The molecule has 0 aliphatic carbocycles. The van der Waals surface area contributed by atoms with Gasteiger partial charge in [0.1, 0.15) is 0 Å². The number of hydrogen-bond acceptors (Lipinski definition) is 4. The predicted molar refractivity (Wildman–Crippen MR) is 90.3 cm³/mol. The molecule has 1 atom stereocenters. The molecule has 2 heterocycles. The molecule has 0 bridgehead atoms. The van der Waals surface area contributed by atoms with Gasteiger partial charge in [-0.2, -0.15) is 0 Å². The standard InChI is InChI=1S/C16H27N3O2S/c1-13-5-8-19(9-6-13)14(15-4-3-11-22-15)12-18-16(20)17-7-10-21-2/h3-4,11,13-14H,5-10,12H2,1-2H3,(H2,17,18,20)/t14-/m0/s1. The Bertz CT molecular complexity index is 431. The Hall–Kier alpha value is -1.11. The van der Waals surface area contributed by atoms with Crippen LogP contribution in [0.15, 0.2) is 17.5 Å². The summed E-state index contributed by atoms with van der Waals surface area (Å²) in [7, 11) is 1.63. The Morgan fingerprint density at radius 1 is 1.45 bits per heavy atom. The summed E-state index contributed by atoms with van der Waals surface area (Å²) in [6.07, 6.45) is 2.48. The van der Waals surface area contributed by atoms with Crippen molar-refractivity contribution in [1.82, 2.24) is 15.5 Å². The number of ether oxygens (including phenoxy) is 1. The fourth-order valence-electron chi connectivity index (χ4n) is 2.75. The number of methoxy groups -OCH3 is 1. The van der Waals surface area contributed by atoms with Crippen LogP contribution in [0.5, 0.6) is 0 Å². The molecule has 1 saturated heterocycles. The van der Waals surface area contributed by atoms with Gasteiger partial charge in [-0.3, -0.25) is 4.90 Å². The molecule has 124 valence electrons. The average molecular weight is 325 g/mol. The van der Waals surface area contributed by atoms with Crippen LogP contribution in [0.3, 0.4) is 0 Å². The second-order valence-corrected chi connectivity index (χ2v) is 6.86. The Balaban J connectivity index is 1.87. The lowest BCUT2D eigenvalue weighted by Crippen LogP contribution is -2.44. The molecular formula is C16H27N3O2S. The minimum Gasteiger partial charge on any atom is -0.383 e. The van der Waals surface area contributed by atoms with Crippen molar-refractivity contribution >= 4 is 17.4 Å². The van der Waals surface area contributed by atoms with Crippen LogP contribution < -0.4 is 10.6 Å². The van der Waals surface area contributed by atoms with Gasteiger partial charge in [0.2, 0.25) is 0 Å². The van der Waals surface area contributed by atoms with Crippen LogP contribution in [0.25, 0.3) is 0 Å². The van der Waals surface area contributed by atoms with Gasteiger partial charge in [0.05, 0.1) is 12.6 Å². The van der Waals surface area contributed by atoms with Crippen LogP contribution >= 0.6 is 11.3 Å². The summed E-state index contributed by atoms with van der Waals surface area (Å²) in [5.41, 5.74) is 0. The van der Waals surface area contributed by atoms with Crippen molar-refractivity contribution in [2.45, 2.75) is 25.8 Å². The van der Waals surface area contributed by atoms with Crippen LogP contribution in [-0.4, -0.2) is 50.8 Å². The number of carbonyl (C=O) groups is 1. The first kappa shape index (κ1) is 17.2. The van der Waals surface area contributed by atoms with Crippen molar-refractivity contribution in [1.29, 1.82) is 0 Å². The lowest BCUT2D eigenvalue weighted by molar-refractivity contribution is 0.137. The summed E-state index contributed by atoms with van der Waals surface area (Å²) < 4.78 is 4.93. The number of amides is 2. The molecule has 5 nitrogen and oxygen atoms in total. The fourth-order valence-corrected chi connectivity index (χ4v) is 3.61. The summed E-state index contributed by atoms with van der Waals surface area (Å²) in [4.78, 5) is 15.7. The van der Waals surface area contributed by atoms with E-state index in [1.165, 1.54) is 17.7 Å². The summed E-state index contributed by atoms with van der Waals surface area (Å²) in [5, 5.41) is 7.91. The molecule has 1 aliphatic rings. The Labute approximate surface area is 137 Å². The zero-order valence-corrected chi connectivity index (χ0v) is 14.3. The van der Waals surface area contributed by atoms with Crippen molar-refractivity contribution in [2.24, 2.45) is 5.92 Å². The number of thiophene rings is 1. The van der Waals surface area contributed by atoms with E-state index in [1.54, 1.807) is 18.4 Å². The number of rotatable bonds is 7. The molecule has 2 rings (SSSR count). The first-order valence-corrected chi connectivity index (χ1v) is 8.86. The second kappa shape index (κ2) is 9.12. The quantitative estimate of drug-likeness (QED) is 0.757. The lowest BCUT2D eigenvalue weighted by atomic mass is 9.97. The fraction of sp³-hybridized carbons (Fsp3) is 0.688. The molecule has 22 heavy (non-hydrogen) atoms. The van der Waals surface area contributed by atoms with E-state index < -0.39 is 0 Å². The van der Waals surface area contributed by atoms with Gasteiger partial charge in [-0.1, -0.05) is 13.0 Å². The highest BCUT2D eigenvalue weighted by Gasteiger charge is 2.25. The zero-order valence-electron chi connectivity index (χ0n) is 13.5. The van der Waals surface area contributed by atoms with Crippen molar-refractivity contribution < 1.29 is 9.53 Å². The van der Waals surface area contributed by atoms with Gasteiger partial charge in [-0.15, -0.1) is 11.3 Å². The van der Waals surface area contributed by atoms with E-state index in [2.05, 4.69) is 40.0 Å². The molecule has 0 radical (unpaired) electrons. The van der Waals surface area contributed by atoms with Crippen molar-refractivity contribution in [3.8, 4) is 0 Å². The number of likely N-dealkylation sites (tertiary alicyclic amines) is 1. The van der Waals surface area contributed by atoms with Crippen LogP contribution in [0.4, 0.5) is 4.79 Å². The molecule has 0 spiro atoms. The maximum Gasteiger partial charge on any atom is 0.314 e. The summed E-state index contributed by atoms with van der Waals surface area (Å²) in [5.74, 6) is 0.811. The molecule has 2 amide bonds. The molecule has 1 fully saturated rings. The zero-order chi connectivity index (χ0) is 15.8. The van der Waals surface area contributed by atoms with Gasteiger partial charge in [-0.05, 0) is 43.3 Å². The normalized spacial score (nSPS) is 18.1. The number of nitrogens with one attached hydrogen (secondary N) is 2. The first-order chi connectivity index (χ1) is 10.7. The maximum atomic E-state index is 11.8. The van der Waals surface area contributed by atoms with Crippen molar-refractivity contribution in [3.63, 3.8) is 0 Å². The van der Waals surface area contributed by atoms with Gasteiger partial charge >= 0.3 is 6.03 Å². The molecule has 0 saturated carbocycles. The molecule has 2 N–H and O–H groups in total. The Morgan fingerprint density at radius 2 is 2.23 bits per heavy atom. The van der Waals surface area contributed by atoms with Crippen LogP contribution in [0, 0.1) is 5.92 Å². The van der Waals surface area contributed by atoms with Crippen LogP contribution in [0.2, 0.25) is 0 Å². The number of hydrogen-bond donors (Lipinski definition) is 2. The first-order valence-electron chi connectivity index (χ1n) is 7.98. The number of piperidine rings is 1. The smallest absolute Gasteiger partial charge is 0.314 e. The van der Waals surface area contributed by atoms with E-state index in [9.17, 15) is 4.79 Å². The van der Waals surface area contributed by atoms with E-state index in [4.69, 9.17) is 4.74 Å². The highest BCUT2D eigenvalue weighted by atomic mass is 32.1. The lowest BCUT2D eigenvalue weighted by Gasteiger charge is -2.36. The maximum absolute atomic E-state index is 11.8. The molecule has 0 aromatic carbocycles. The average Bonchev–Trinajstić information content (AvgIpc) is 3.04. The van der Waals surface area contributed by atoms with Crippen molar-refractivity contribution in [3.05, 3.63) is 22.4 Å². The molecular weight excluding hydrogens is 298 g/mol. The predicted octanol–water partition coefficient (Wildman–Crippen LogP) is 2.47. The Kier molecular flexibility index (Phi) is 7.15. The van der Waals surface area contributed by atoms with E-state index in [1.807, 2.05) is 0 Å². The monoisotopic (exact) mass is 325 g/mol. The summed E-state index contributed by atoms with van der Waals surface area (Å²) in [6, 6.07) is 4.40. The van der Waals surface area contributed by atoms with E-state index in [-0.39, 0.29) is 12.1 Å².